The van der Waals surface area contributed by atoms with Gasteiger partial charge < -0.3 is 19.9 Å². The van der Waals surface area contributed by atoms with E-state index in [1.807, 2.05) is 0 Å². The summed E-state index contributed by atoms with van der Waals surface area (Å²) in [4.78, 5) is 55.1. The number of esters is 2. The molecule has 0 spiro atoms. The van der Waals surface area contributed by atoms with Crippen molar-refractivity contribution in [2.75, 3.05) is 37.1 Å². The predicted octanol–water partition coefficient (Wildman–Crippen LogP) is 5.33. The van der Waals surface area contributed by atoms with Gasteiger partial charge in [-0.1, -0.05) is 92.8 Å². The van der Waals surface area contributed by atoms with Crippen LogP contribution in [0.5, 0.6) is 0 Å². The molecule has 1 saturated heterocycles. The summed E-state index contributed by atoms with van der Waals surface area (Å²) in [7, 11) is -4.47. The molecule has 2 aromatic heterocycles. The molecule has 19 heteroatoms. The minimum atomic E-state index is -4.47. The van der Waals surface area contributed by atoms with Crippen molar-refractivity contribution in [3.8, 4) is 6.07 Å². The second kappa shape index (κ2) is 18.1. The van der Waals surface area contributed by atoms with E-state index in [0.29, 0.717) is 5.52 Å². The molecule has 0 unspecified atom stereocenters. The highest BCUT2D eigenvalue weighted by molar-refractivity contribution is 8.14. The second-order valence-electron chi connectivity index (χ2n) is 14.9. The number of carbonyl (C=O) groups excluding carboxylic acids is 4. The van der Waals surface area contributed by atoms with Crippen LogP contribution in [0.4, 0.5) is 5.82 Å². The van der Waals surface area contributed by atoms with E-state index in [-0.39, 0.29) is 46.5 Å². The number of ether oxygens (including phenoxy) is 3. The van der Waals surface area contributed by atoms with Gasteiger partial charge in [-0.25, -0.2) is 14.1 Å². The SMILES string of the molecule is CC(C)C(=O)O[C@H]1[C@@H](OC(=O)C(C)C)[C@](C#N)(c2ccc3c(N)ncnn23)O[C@@H]1COP(=O)(OCCSC(=O)C(C)(C)C)OCCSC(=O)C(C)(C)C. The first-order chi connectivity index (χ1) is 24.6. The van der Waals surface area contributed by atoms with Gasteiger partial charge in [0.15, 0.2) is 28.3 Å². The Balaban J connectivity index is 2.00. The smallest absolute Gasteiger partial charge is 0.455 e. The number of carbonyl (C=O) groups is 4. The van der Waals surface area contributed by atoms with Crippen molar-refractivity contribution in [3.63, 3.8) is 0 Å². The number of hydrogen-bond donors (Lipinski definition) is 1. The van der Waals surface area contributed by atoms with Gasteiger partial charge >= 0.3 is 19.8 Å². The summed E-state index contributed by atoms with van der Waals surface area (Å²) in [5, 5.41) is 14.9. The number of thioether (sulfide) groups is 2. The van der Waals surface area contributed by atoms with Gasteiger partial charge in [0, 0.05) is 22.3 Å². The Kier molecular flexibility index (Phi) is 15.1. The third kappa shape index (κ3) is 11.3. The van der Waals surface area contributed by atoms with Gasteiger partial charge in [-0.3, -0.25) is 32.7 Å². The molecule has 0 saturated carbocycles. The molecule has 0 radical (unpaired) electrons. The van der Waals surface area contributed by atoms with Crippen LogP contribution >= 0.6 is 31.3 Å². The van der Waals surface area contributed by atoms with E-state index in [1.165, 1.54) is 16.9 Å². The van der Waals surface area contributed by atoms with Gasteiger partial charge in [0.25, 0.3) is 0 Å². The number of hydrogen-bond acceptors (Lipinski definition) is 17. The molecule has 4 atom stereocenters. The molecular formula is C34H50N5O11PS2. The number of nitriles is 1. The molecule has 16 nitrogen and oxygen atoms in total. The molecule has 0 bridgehead atoms. The molecule has 2 N–H and O–H groups in total. The lowest BCUT2D eigenvalue weighted by Gasteiger charge is -2.29. The van der Waals surface area contributed by atoms with Crippen LogP contribution in [0.1, 0.15) is 74.9 Å². The topological polar surface area (TPSA) is 221 Å². The fourth-order valence-electron chi connectivity index (χ4n) is 4.61. The Labute approximate surface area is 318 Å². The van der Waals surface area contributed by atoms with E-state index >= 15 is 0 Å². The summed E-state index contributed by atoms with van der Waals surface area (Å²) >= 11 is 1.98. The van der Waals surface area contributed by atoms with Crippen LogP contribution < -0.4 is 5.73 Å². The minimum Gasteiger partial charge on any atom is -0.455 e. The number of aromatic nitrogens is 3. The summed E-state index contributed by atoms with van der Waals surface area (Å²) in [6.45, 7) is 15.9. The molecule has 1 aliphatic rings. The summed E-state index contributed by atoms with van der Waals surface area (Å²) in [5.74, 6) is -2.38. The molecule has 53 heavy (non-hydrogen) atoms. The lowest BCUT2D eigenvalue weighted by Crippen LogP contribution is -2.47. The van der Waals surface area contributed by atoms with Crippen LogP contribution in [0, 0.1) is 34.0 Å². The van der Waals surface area contributed by atoms with Crippen LogP contribution in [-0.4, -0.2) is 86.4 Å². The van der Waals surface area contributed by atoms with Crippen molar-refractivity contribution in [1.82, 2.24) is 14.6 Å². The van der Waals surface area contributed by atoms with Crippen molar-refractivity contribution < 1.29 is 51.5 Å². The minimum absolute atomic E-state index is 0.0792. The van der Waals surface area contributed by atoms with Gasteiger partial charge in [-0.15, -0.1) is 0 Å². The van der Waals surface area contributed by atoms with Crippen molar-refractivity contribution >= 4 is 64.9 Å². The molecule has 0 aromatic carbocycles. The van der Waals surface area contributed by atoms with Gasteiger partial charge in [0.2, 0.25) is 5.60 Å². The number of fused-ring (bicyclic) bond motifs is 1. The van der Waals surface area contributed by atoms with E-state index in [1.54, 1.807) is 75.3 Å². The average molecular weight is 800 g/mol. The summed E-state index contributed by atoms with van der Waals surface area (Å²) in [6, 6.07) is 5.15. The molecule has 1 aliphatic heterocycles. The van der Waals surface area contributed by atoms with Crippen molar-refractivity contribution in [2.45, 2.75) is 93.2 Å². The Morgan fingerprint density at radius 1 is 0.943 bits per heavy atom. The molecule has 0 amide bonds. The van der Waals surface area contributed by atoms with Crippen molar-refractivity contribution in [3.05, 3.63) is 24.2 Å². The summed E-state index contributed by atoms with van der Waals surface area (Å²) in [6.07, 6.45) is -3.26. The number of phosphoric ester groups is 1. The quantitative estimate of drug-likeness (QED) is 0.129. The van der Waals surface area contributed by atoms with E-state index in [2.05, 4.69) is 16.2 Å². The third-order valence-corrected chi connectivity index (χ3v) is 11.6. The Morgan fingerprint density at radius 3 is 1.96 bits per heavy atom. The number of nitrogen functional groups attached to an aromatic ring is 1. The molecular weight excluding hydrogens is 750 g/mol. The zero-order chi connectivity index (χ0) is 39.9. The molecule has 2 aromatic rings. The van der Waals surface area contributed by atoms with Gasteiger partial charge in [-0.05, 0) is 12.1 Å². The first-order valence-corrected chi connectivity index (χ1v) is 20.5. The number of nitrogens with zero attached hydrogens (tertiary/aromatic N) is 4. The zero-order valence-corrected chi connectivity index (χ0v) is 34.3. The molecule has 1 fully saturated rings. The van der Waals surface area contributed by atoms with E-state index < -0.39 is 72.9 Å². The highest BCUT2D eigenvalue weighted by Gasteiger charge is 2.63. The highest BCUT2D eigenvalue weighted by Crippen LogP contribution is 2.52. The Morgan fingerprint density at radius 2 is 1.47 bits per heavy atom. The lowest BCUT2D eigenvalue weighted by atomic mass is 9.92. The van der Waals surface area contributed by atoms with Crippen molar-refractivity contribution in [2.24, 2.45) is 22.7 Å². The van der Waals surface area contributed by atoms with E-state index in [0.717, 1.165) is 23.5 Å². The normalized spacial score (nSPS) is 20.8. The standard InChI is InChI=1S/C34H50N5O11PS2/c1-20(2)28(40)48-25-23(17-47-51(44,45-13-15-52-30(42)32(5,6)7)46-14-16-53-31(43)33(8,9)10)50-34(18-35,26(25)49-29(41)21(3)4)24-12-11-22-27(36)37-19-38-39(22)24/h11-12,19-21,23,25-26H,13-17H2,1-10H3,(H2,36,37,38)/t23-,25-,26-,34+/m1/s1. The molecule has 294 valence electrons. The van der Waals surface area contributed by atoms with E-state index in [9.17, 15) is 29.0 Å². The molecule has 3 heterocycles. The van der Waals surface area contributed by atoms with Gasteiger partial charge in [0.1, 0.15) is 24.0 Å². The number of rotatable bonds is 16. The maximum atomic E-state index is 14.1. The van der Waals surface area contributed by atoms with Crippen molar-refractivity contribution in [1.29, 1.82) is 5.26 Å². The lowest BCUT2D eigenvalue weighted by molar-refractivity contribution is -0.173. The fourth-order valence-corrected chi connectivity index (χ4v) is 7.61. The van der Waals surface area contributed by atoms with Crippen LogP contribution in [0.25, 0.3) is 5.52 Å². The Bertz CT molecular complexity index is 1700. The summed E-state index contributed by atoms with van der Waals surface area (Å²) < 4.78 is 50.6. The third-order valence-electron chi connectivity index (χ3n) is 7.62. The summed E-state index contributed by atoms with van der Waals surface area (Å²) in [5.41, 5.74) is 3.07. The number of nitrogens with two attached hydrogens (primary N) is 1. The van der Waals surface area contributed by atoms with Crippen LogP contribution in [0.15, 0.2) is 18.5 Å². The molecule has 0 aliphatic carbocycles. The van der Waals surface area contributed by atoms with Gasteiger partial charge in [0.05, 0.1) is 37.4 Å². The largest absolute Gasteiger partial charge is 0.474 e. The molecule has 3 rings (SSSR count). The fraction of sp³-hybridized carbons (Fsp3) is 0.676. The maximum absolute atomic E-state index is 14.1. The number of anilines is 1. The van der Waals surface area contributed by atoms with Crippen LogP contribution in [-0.2, 0) is 57.1 Å². The second-order valence-corrected chi connectivity index (χ2v) is 18.7. The van der Waals surface area contributed by atoms with E-state index in [4.69, 9.17) is 33.5 Å². The highest BCUT2D eigenvalue weighted by atomic mass is 32.2. The maximum Gasteiger partial charge on any atom is 0.474 e. The van der Waals surface area contributed by atoms with Crippen LogP contribution in [0.3, 0.4) is 0 Å². The average Bonchev–Trinajstić information content (AvgIpc) is 3.63. The number of phosphoric acid groups is 1. The van der Waals surface area contributed by atoms with Gasteiger partial charge in [-0.2, -0.15) is 10.4 Å². The predicted molar refractivity (Wildman–Crippen MR) is 198 cm³/mol. The first-order valence-electron chi connectivity index (χ1n) is 17.0. The monoisotopic (exact) mass is 799 g/mol. The Hall–Kier alpha value is -3.04. The first kappa shape index (κ1) is 44.4. The van der Waals surface area contributed by atoms with Crippen LogP contribution in [0.2, 0.25) is 0 Å². The zero-order valence-electron chi connectivity index (χ0n) is 31.8.